The van der Waals surface area contributed by atoms with Crippen LogP contribution in [0.15, 0.2) is 18.2 Å². The van der Waals surface area contributed by atoms with E-state index in [0.717, 1.165) is 0 Å². The summed E-state index contributed by atoms with van der Waals surface area (Å²) in [5, 5.41) is 54.3. The molecule has 3 aliphatic rings. The molecule has 7 N–H and O–H groups in total. The van der Waals surface area contributed by atoms with Crippen molar-refractivity contribution in [3.63, 3.8) is 0 Å². The number of carbonyl (C=O) groups excluding carboxylic acids is 3. The lowest BCUT2D eigenvalue weighted by molar-refractivity contribution is -0.247. The average molecular weight is 548 g/mol. The number of nitrogens with two attached hydrogens (primary N) is 1. The number of Topliss-reactive ketones (excluding diaryl/α,β-unsaturated/α-hetero) is 1. The summed E-state index contributed by atoms with van der Waals surface area (Å²) in [5.74, 6) is -4.95. The van der Waals surface area contributed by atoms with Crippen LogP contribution in [0.5, 0.6) is 17.2 Å². The zero-order valence-corrected chi connectivity index (χ0v) is 20.9. The van der Waals surface area contributed by atoms with Crippen LogP contribution < -0.4 is 5.73 Å². The standard InChI is InChI=1S/C26H26ClNO10/c1-9-21(31)12(28)5-16(37-9)38-14-7-26(36,15(30)8-27)6-11-18(14)25(35)20-19(23(11)33)22(32)10-3-2-4-13(29)17(10)24(20)34/h2-4,9,12,14,16,21,29,31,33,35-36H,5-8,28H2,1H3/t9-,12-,14-,16-,21+,26-/m0/s1. The second-order valence-corrected chi connectivity index (χ2v) is 10.2. The zero-order valence-electron chi connectivity index (χ0n) is 20.2. The highest BCUT2D eigenvalue weighted by Crippen LogP contribution is 2.52. The van der Waals surface area contributed by atoms with E-state index in [0.29, 0.717) is 0 Å². The number of ether oxygens (including phenoxy) is 2. The van der Waals surface area contributed by atoms with Crippen LogP contribution in [0.2, 0.25) is 0 Å². The molecule has 0 unspecified atom stereocenters. The smallest absolute Gasteiger partial charge is 0.202 e. The van der Waals surface area contributed by atoms with Gasteiger partial charge in [-0.25, -0.2) is 0 Å². The Kier molecular flexibility index (Phi) is 6.49. The lowest BCUT2D eigenvalue weighted by Crippen LogP contribution is -2.52. The van der Waals surface area contributed by atoms with E-state index in [9.17, 15) is 39.9 Å². The molecule has 2 aromatic carbocycles. The molecule has 12 heteroatoms. The van der Waals surface area contributed by atoms with Gasteiger partial charge in [0.05, 0.1) is 40.9 Å². The Balaban J connectivity index is 1.68. The molecule has 1 heterocycles. The minimum Gasteiger partial charge on any atom is -0.507 e. The molecule has 2 aromatic rings. The molecule has 0 aromatic heterocycles. The molecule has 0 bridgehead atoms. The molecule has 0 spiro atoms. The first-order chi connectivity index (χ1) is 17.9. The van der Waals surface area contributed by atoms with Crippen LogP contribution in [0, 0.1) is 0 Å². The van der Waals surface area contributed by atoms with E-state index in [4.69, 9.17) is 26.8 Å². The maximum atomic E-state index is 13.4. The highest BCUT2D eigenvalue weighted by Gasteiger charge is 2.50. The van der Waals surface area contributed by atoms with Crippen LogP contribution >= 0.6 is 11.6 Å². The van der Waals surface area contributed by atoms with Gasteiger partial charge in [-0.15, -0.1) is 11.6 Å². The van der Waals surface area contributed by atoms with Crippen molar-refractivity contribution in [2.75, 3.05) is 5.88 Å². The Bertz CT molecular complexity index is 1360. The lowest BCUT2D eigenvalue weighted by Gasteiger charge is -2.42. The molecular formula is C26H26ClNO10. The quantitative estimate of drug-likeness (QED) is 0.201. The summed E-state index contributed by atoms with van der Waals surface area (Å²) < 4.78 is 11.7. The van der Waals surface area contributed by atoms with E-state index in [1.165, 1.54) is 18.2 Å². The number of phenols is 3. The van der Waals surface area contributed by atoms with Gasteiger partial charge in [-0.05, 0) is 13.0 Å². The van der Waals surface area contributed by atoms with Crippen molar-refractivity contribution >= 4 is 29.0 Å². The van der Waals surface area contributed by atoms with Crippen LogP contribution in [-0.4, -0.2) is 78.9 Å². The number of hydrogen-bond donors (Lipinski definition) is 6. The molecular weight excluding hydrogens is 522 g/mol. The predicted molar refractivity (Wildman–Crippen MR) is 131 cm³/mol. The van der Waals surface area contributed by atoms with Gasteiger partial charge in [0.1, 0.15) is 22.8 Å². The molecule has 1 fully saturated rings. The molecule has 0 amide bonds. The van der Waals surface area contributed by atoms with Gasteiger partial charge in [-0.1, -0.05) is 12.1 Å². The lowest BCUT2D eigenvalue weighted by atomic mass is 9.72. The number of halogens is 1. The van der Waals surface area contributed by atoms with Crippen molar-refractivity contribution in [2.45, 2.75) is 62.4 Å². The number of hydrogen-bond acceptors (Lipinski definition) is 11. The number of aromatic hydroxyl groups is 3. The minimum absolute atomic E-state index is 0.0234. The molecule has 202 valence electrons. The molecule has 0 saturated carbocycles. The highest BCUT2D eigenvalue weighted by molar-refractivity contribution is 6.31. The van der Waals surface area contributed by atoms with Gasteiger partial charge in [0, 0.05) is 42.0 Å². The van der Waals surface area contributed by atoms with Gasteiger partial charge in [0.15, 0.2) is 17.9 Å². The number of fused-ring (bicyclic) bond motifs is 3. The normalized spacial score (nSPS) is 30.4. The molecule has 11 nitrogen and oxygen atoms in total. The second kappa shape index (κ2) is 9.30. The number of phenolic OH excluding ortho intramolecular Hbond substituents is 3. The van der Waals surface area contributed by atoms with Crippen LogP contribution in [0.1, 0.15) is 68.8 Å². The van der Waals surface area contributed by atoms with E-state index in [1.807, 2.05) is 0 Å². The molecule has 38 heavy (non-hydrogen) atoms. The number of carbonyl (C=O) groups is 3. The van der Waals surface area contributed by atoms with Gasteiger partial charge in [-0.3, -0.25) is 14.4 Å². The number of ketones is 3. The maximum absolute atomic E-state index is 13.4. The molecule has 6 atom stereocenters. The van der Waals surface area contributed by atoms with Crippen molar-refractivity contribution in [2.24, 2.45) is 5.73 Å². The van der Waals surface area contributed by atoms with Crippen LogP contribution in [0.25, 0.3) is 0 Å². The van der Waals surface area contributed by atoms with Crippen molar-refractivity contribution in [3.05, 3.63) is 51.6 Å². The Hall–Kier alpha value is -3.06. The third-order valence-corrected chi connectivity index (χ3v) is 7.82. The van der Waals surface area contributed by atoms with E-state index >= 15 is 0 Å². The van der Waals surface area contributed by atoms with Crippen molar-refractivity contribution in [1.29, 1.82) is 0 Å². The number of rotatable bonds is 4. The van der Waals surface area contributed by atoms with E-state index in [2.05, 4.69) is 0 Å². The minimum atomic E-state index is -2.14. The second-order valence-electron chi connectivity index (χ2n) is 9.95. The first-order valence-electron chi connectivity index (χ1n) is 12.0. The molecule has 0 radical (unpaired) electrons. The number of aliphatic hydroxyl groups is 2. The van der Waals surface area contributed by atoms with E-state index in [1.54, 1.807) is 6.92 Å². The van der Waals surface area contributed by atoms with Crippen molar-refractivity contribution < 1.29 is 49.4 Å². The number of aliphatic hydroxyl groups excluding tert-OH is 1. The predicted octanol–water partition coefficient (Wildman–Crippen LogP) is 0.945. The molecule has 5 rings (SSSR count). The van der Waals surface area contributed by atoms with Crippen LogP contribution in [-0.2, 0) is 20.7 Å². The summed E-state index contributed by atoms with van der Waals surface area (Å²) >= 11 is 5.74. The van der Waals surface area contributed by atoms with Crippen molar-refractivity contribution in [1.82, 2.24) is 0 Å². The fraction of sp³-hybridized carbons (Fsp3) is 0.423. The third kappa shape index (κ3) is 3.89. The van der Waals surface area contributed by atoms with Crippen LogP contribution in [0.3, 0.4) is 0 Å². The topological polar surface area (TPSA) is 197 Å². The van der Waals surface area contributed by atoms with E-state index in [-0.39, 0.29) is 28.7 Å². The summed E-state index contributed by atoms with van der Waals surface area (Å²) in [5.41, 5.74) is 2.01. The molecule has 1 aliphatic heterocycles. The fourth-order valence-electron chi connectivity index (χ4n) is 5.57. The van der Waals surface area contributed by atoms with Gasteiger partial charge in [0.25, 0.3) is 0 Å². The van der Waals surface area contributed by atoms with Gasteiger partial charge < -0.3 is 40.7 Å². The zero-order chi connectivity index (χ0) is 27.7. The van der Waals surface area contributed by atoms with Crippen LogP contribution in [0.4, 0.5) is 0 Å². The van der Waals surface area contributed by atoms with E-state index < -0.39 is 101 Å². The van der Waals surface area contributed by atoms with Gasteiger partial charge >= 0.3 is 0 Å². The molecule has 2 aliphatic carbocycles. The monoisotopic (exact) mass is 547 g/mol. The summed E-state index contributed by atoms with van der Waals surface area (Å²) in [4.78, 5) is 39.4. The number of alkyl halides is 1. The summed E-state index contributed by atoms with van der Waals surface area (Å²) in [6, 6.07) is 3.15. The fourth-order valence-corrected chi connectivity index (χ4v) is 5.82. The Labute approximate surface area is 221 Å². The summed E-state index contributed by atoms with van der Waals surface area (Å²) in [6.45, 7) is 1.58. The largest absolute Gasteiger partial charge is 0.507 e. The first kappa shape index (κ1) is 26.5. The maximum Gasteiger partial charge on any atom is 0.202 e. The highest BCUT2D eigenvalue weighted by atomic mass is 35.5. The Morgan fingerprint density at radius 3 is 2.50 bits per heavy atom. The SMILES string of the molecule is C[C@@H]1O[C@@H](O[C@H]2C[C@](O)(C(=O)CCl)Cc3c(O)c4c(c(O)c32)C(=O)c2c(O)cccc2C4=O)C[C@H](N)[C@@H]1O. The van der Waals surface area contributed by atoms with Gasteiger partial charge in [0.2, 0.25) is 5.78 Å². The number of benzene rings is 2. The average Bonchev–Trinajstić information content (AvgIpc) is 2.86. The first-order valence-corrected chi connectivity index (χ1v) is 12.5. The summed E-state index contributed by atoms with van der Waals surface area (Å²) in [6.07, 6.45) is -4.98. The Morgan fingerprint density at radius 2 is 1.84 bits per heavy atom. The third-order valence-electron chi connectivity index (χ3n) is 7.58. The van der Waals surface area contributed by atoms with Crippen molar-refractivity contribution in [3.8, 4) is 17.2 Å². The van der Waals surface area contributed by atoms with Gasteiger partial charge in [-0.2, -0.15) is 0 Å². The summed E-state index contributed by atoms with van der Waals surface area (Å²) in [7, 11) is 0. The molecule has 1 saturated heterocycles. The Morgan fingerprint density at radius 1 is 1.16 bits per heavy atom.